The van der Waals surface area contributed by atoms with Gasteiger partial charge >= 0.3 is 5.97 Å². The standard InChI is InChI=1S/C19H17N3O5S2/c1-10(16(24)20-14-6-5-12(23)9-13(14)18(26)27)22-17(25)15(29-19(22)28)8-11-4-3-7-21(11)2/h3-10,23H,1-2H3,(H,20,24)(H,26,27). The number of carbonyl (C=O) groups excluding carboxylic acids is 2. The van der Waals surface area contributed by atoms with Crippen LogP contribution in [0.5, 0.6) is 5.75 Å². The van der Waals surface area contributed by atoms with Crippen LogP contribution in [0.15, 0.2) is 41.4 Å². The SMILES string of the molecule is CC(C(=O)Nc1ccc(O)cc1C(=O)O)N1C(=O)C(=Cc2cccn2C)SC1=S. The molecule has 1 aromatic carbocycles. The molecule has 10 heteroatoms. The molecule has 1 saturated heterocycles. The molecule has 1 aromatic heterocycles. The number of thioether (sulfide) groups is 1. The van der Waals surface area contributed by atoms with Crippen LogP contribution in [-0.2, 0) is 16.6 Å². The quantitative estimate of drug-likeness (QED) is 0.379. The number of anilines is 1. The minimum Gasteiger partial charge on any atom is -0.508 e. The van der Waals surface area contributed by atoms with Gasteiger partial charge in [0.1, 0.15) is 16.1 Å². The Hall–Kier alpha value is -3.11. The molecule has 1 fully saturated rings. The Morgan fingerprint density at radius 3 is 2.66 bits per heavy atom. The van der Waals surface area contributed by atoms with Crippen LogP contribution >= 0.6 is 24.0 Å². The molecule has 1 unspecified atom stereocenters. The number of amides is 2. The van der Waals surface area contributed by atoms with Crippen molar-refractivity contribution in [3.63, 3.8) is 0 Å². The molecule has 3 N–H and O–H groups in total. The summed E-state index contributed by atoms with van der Waals surface area (Å²) in [4.78, 5) is 38.4. The third kappa shape index (κ3) is 4.17. The summed E-state index contributed by atoms with van der Waals surface area (Å²) in [7, 11) is 1.85. The Balaban J connectivity index is 1.81. The Morgan fingerprint density at radius 1 is 1.31 bits per heavy atom. The highest BCUT2D eigenvalue weighted by Crippen LogP contribution is 2.34. The van der Waals surface area contributed by atoms with E-state index in [2.05, 4.69) is 5.32 Å². The molecule has 1 atom stereocenters. The summed E-state index contributed by atoms with van der Waals surface area (Å²) < 4.78 is 2.09. The van der Waals surface area contributed by atoms with Gasteiger partial charge in [-0.1, -0.05) is 24.0 Å². The lowest BCUT2D eigenvalue weighted by Gasteiger charge is -2.22. The van der Waals surface area contributed by atoms with E-state index in [1.165, 1.54) is 24.0 Å². The van der Waals surface area contributed by atoms with Crippen LogP contribution in [0.4, 0.5) is 5.69 Å². The van der Waals surface area contributed by atoms with Gasteiger partial charge in [-0.05, 0) is 43.3 Å². The van der Waals surface area contributed by atoms with Crippen LogP contribution in [0.3, 0.4) is 0 Å². The number of phenolic OH excluding ortho intramolecular Hbond substituents is 1. The lowest BCUT2D eigenvalue weighted by Crippen LogP contribution is -2.44. The number of hydrogen-bond donors (Lipinski definition) is 3. The van der Waals surface area contributed by atoms with Gasteiger partial charge in [0.05, 0.1) is 16.2 Å². The van der Waals surface area contributed by atoms with Gasteiger partial charge in [0.25, 0.3) is 5.91 Å². The first-order valence-corrected chi connectivity index (χ1v) is 9.67. The summed E-state index contributed by atoms with van der Waals surface area (Å²) in [5, 5.41) is 21.2. The first kappa shape index (κ1) is 20.6. The van der Waals surface area contributed by atoms with E-state index in [0.29, 0.717) is 4.91 Å². The van der Waals surface area contributed by atoms with Crippen molar-refractivity contribution in [2.24, 2.45) is 7.05 Å². The van der Waals surface area contributed by atoms with Crippen molar-refractivity contribution in [2.45, 2.75) is 13.0 Å². The third-order valence-corrected chi connectivity index (χ3v) is 5.68. The van der Waals surface area contributed by atoms with Crippen molar-refractivity contribution in [2.75, 3.05) is 5.32 Å². The number of nitrogens with one attached hydrogen (secondary N) is 1. The Morgan fingerprint density at radius 2 is 2.03 bits per heavy atom. The highest BCUT2D eigenvalue weighted by Gasteiger charge is 2.38. The molecular weight excluding hydrogens is 414 g/mol. The number of thiocarbonyl (C=S) groups is 1. The molecule has 0 radical (unpaired) electrons. The Bertz CT molecular complexity index is 1060. The zero-order valence-corrected chi connectivity index (χ0v) is 17.1. The van der Waals surface area contributed by atoms with Gasteiger partial charge < -0.3 is 20.1 Å². The number of aromatic nitrogens is 1. The fourth-order valence-electron chi connectivity index (χ4n) is 2.74. The number of aromatic carboxylic acids is 1. The maximum absolute atomic E-state index is 12.8. The molecule has 0 bridgehead atoms. The zero-order valence-electron chi connectivity index (χ0n) is 15.4. The summed E-state index contributed by atoms with van der Waals surface area (Å²) in [6, 6.07) is 6.31. The van der Waals surface area contributed by atoms with Crippen molar-refractivity contribution in [1.82, 2.24) is 9.47 Å². The van der Waals surface area contributed by atoms with E-state index in [1.807, 2.05) is 29.9 Å². The fourth-order valence-corrected chi connectivity index (χ4v) is 4.15. The van der Waals surface area contributed by atoms with E-state index >= 15 is 0 Å². The minimum atomic E-state index is -1.31. The number of carboxylic acid groups (broad SMARTS) is 1. The van der Waals surface area contributed by atoms with Gasteiger partial charge in [-0.15, -0.1) is 0 Å². The number of carboxylic acids is 1. The van der Waals surface area contributed by atoms with E-state index in [9.17, 15) is 24.6 Å². The molecule has 0 saturated carbocycles. The molecule has 1 aliphatic rings. The van der Waals surface area contributed by atoms with Crippen LogP contribution in [-0.4, -0.2) is 47.8 Å². The predicted octanol–water partition coefficient (Wildman–Crippen LogP) is 2.66. The summed E-state index contributed by atoms with van der Waals surface area (Å²) in [5.41, 5.74) is 0.564. The third-order valence-electron chi connectivity index (χ3n) is 4.34. The van der Waals surface area contributed by atoms with Crippen LogP contribution in [0.25, 0.3) is 6.08 Å². The largest absolute Gasteiger partial charge is 0.508 e. The second-order valence-corrected chi connectivity index (χ2v) is 7.97. The predicted molar refractivity (Wildman–Crippen MR) is 114 cm³/mol. The maximum Gasteiger partial charge on any atom is 0.337 e. The first-order valence-electron chi connectivity index (χ1n) is 8.44. The smallest absolute Gasteiger partial charge is 0.337 e. The average molecular weight is 431 g/mol. The maximum atomic E-state index is 12.8. The van der Waals surface area contributed by atoms with Gasteiger partial charge in [-0.3, -0.25) is 14.5 Å². The highest BCUT2D eigenvalue weighted by molar-refractivity contribution is 8.26. The number of rotatable bonds is 5. The lowest BCUT2D eigenvalue weighted by atomic mass is 10.1. The summed E-state index contributed by atoms with van der Waals surface area (Å²) in [5.74, 6) is -2.54. The van der Waals surface area contributed by atoms with E-state index in [4.69, 9.17) is 12.2 Å². The Kier molecular flexibility index (Phi) is 5.76. The number of aromatic hydroxyl groups is 1. The molecule has 150 valence electrons. The molecule has 1 aliphatic heterocycles. The number of carbonyl (C=O) groups is 3. The second-order valence-electron chi connectivity index (χ2n) is 6.30. The van der Waals surface area contributed by atoms with Gasteiger partial charge in [-0.25, -0.2) is 4.79 Å². The van der Waals surface area contributed by atoms with Crippen LogP contribution < -0.4 is 5.32 Å². The van der Waals surface area contributed by atoms with Crippen molar-refractivity contribution < 1.29 is 24.6 Å². The molecule has 2 heterocycles. The van der Waals surface area contributed by atoms with Crippen molar-refractivity contribution >= 4 is 57.8 Å². The average Bonchev–Trinajstić information content (AvgIpc) is 3.18. The minimum absolute atomic E-state index is 0.0111. The molecule has 29 heavy (non-hydrogen) atoms. The van der Waals surface area contributed by atoms with Crippen molar-refractivity contribution in [3.05, 3.63) is 52.7 Å². The Labute approximate surface area is 175 Å². The van der Waals surface area contributed by atoms with Gasteiger partial charge in [-0.2, -0.15) is 0 Å². The summed E-state index contributed by atoms with van der Waals surface area (Å²) in [6.45, 7) is 1.51. The molecule has 2 aromatic rings. The summed E-state index contributed by atoms with van der Waals surface area (Å²) in [6.07, 6.45) is 3.55. The lowest BCUT2D eigenvalue weighted by molar-refractivity contribution is -0.129. The van der Waals surface area contributed by atoms with Gasteiger partial charge in [0, 0.05) is 18.9 Å². The summed E-state index contributed by atoms with van der Waals surface area (Å²) >= 11 is 6.38. The topological polar surface area (TPSA) is 112 Å². The van der Waals surface area contributed by atoms with E-state index in [-0.39, 0.29) is 21.3 Å². The van der Waals surface area contributed by atoms with Gasteiger partial charge in [0.15, 0.2) is 0 Å². The van der Waals surface area contributed by atoms with Crippen LogP contribution in [0, 0.1) is 0 Å². The molecule has 0 aliphatic carbocycles. The molecule has 8 nitrogen and oxygen atoms in total. The first-order chi connectivity index (χ1) is 13.7. The molecular formula is C19H17N3O5S2. The zero-order chi connectivity index (χ0) is 21.3. The van der Waals surface area contributed by atoms with Crippen LogP contribution in [0.2, 0.25) is 0 Å². The number of hydrogen-bond acceptors (Lipinski definition) is 6. The molecule has 2 amide bonds. The van der Waals surface area contributed by atoms with Crippen molar-refractivity contribution in [3.8, 4) is 5.75 Å². The normalized spacial score (nSPS) is 16.3. The van der Waals surface area contributed by atoms with Crippen LogP contribution in [0.1, 0.15) is 23.0 Å². The number of nitrogens with zero attached hydrogens (tertiary/aromatic N) is 2. The highest BCUT2D eigenvalue weighted by atomic mass is 32.2. The second kappa shape index (κ2) is 8.10. The fraction of sp³-hybridized carbons (Fsp3) is 0.158. The molecule has 0 spiro atoms. The van der Waals surface area contributed by atoms with E-state index in [1.54, 1.807) is 6.08 Å². The van der Waals surface area contributed by atoms with Gasteiger partial charge in [0.2, 0.25) is 5.91 Å². The van der Waals surface area contributed by atoms with Crippen molar-refractivity contribution in [1.29, 1.82) is 0 Å². The number of benzene rings is 1. The monoisotopic (exact) mass is 431 g/mol. The number of aryl methyl sites for hydroxylation is 1. The number of phenols is 1. The molecule has 3 rings (SSSR count). The van der Waals surface area contributed by atoms with E-state index in [0.717, 1.165) is 23.5 Å². The van der Waals surface area contributed by atoms with E-state index < -0.39 is 23.8 Å².